The van der Waals surface area contributed by atoms with Crippen LogP contribution in [0.25, 0.3) is 33.5 Å². The van der Waals surface area contributed by atoms with Gasteiger partial charge in [-0.25, -0.2) is 9.78 Å². The van der Waals surface area contributed by atoms with Gasteiger partial charge in [-0.2, -0.15) is 9.78 Å². The molecule has 0 radical (unpaired) electrons. The molecule has 0 aliphatic carbocycles. The maximum absolute atomic E-state index is 13.4. The zero-order chi connectivity index (χ0) is 25.2. The Bertz CT molecular complexity index is 1660. The molecular formula is C27H20BrN3O5. The van der Waals surface area contributed by atoms with Crippen LogP contribution >= 0.6 is 15.9 Å². The molecule has 2 aromatic heterocycles. The molecule has 0 spiro atoms. The van der Waals surface area contributed by atoms with Gasteiger partial charge in [-0.15, -0.1) is 0 Å². The van der Waals surface area contributed by atoms with Crippen LogP contribution in [-0.2, 0) is 9.53 Å². The predicted molar refractivity (Wildman–Crippen MR) is 140 cm³/mol. The van der Waals surface area contributed by atoms with E-state index >= 15 is 0 Å². The number of hydrogen-bond donors (Lipinski definition) is 0. The van der Waals surface area contributed by atoms with E-state index in [4.69, 9.17) is 13.9 Å². The average molecular weight is 546 g/mol. The number of methoxy groups -OCH3 is 1. The summed E-state index contributed by atoms with van der Waals surface area (Å²) in [5.74, 6) is 0.710. The lowest BCUT2D eigenvalue weighted by atomic mass is 10.2. The first-order valence-electron chi connectivity index (χ1n) is 11.0. The Labute approximate surface area is 213 Å². The summed E-state index contributed by atoms with van der Waals surface area (Å²) in [5, 5.41) is 5.80. The molecule has 5 aromatic rings. The Morgan fingerprint density at radius 3 is 2.67 bits per heavy atom. The van der Waals surface area contributed by atoms with E-state index in [0.29, 0.717) is 38.0 Å². The van der Waals surface area contributed by atoms with E-state index in [2.05, 4.69) is 26.0 Å². The molecule has 2 heterocycles. The Morgan fingerprint density at radius 1 is 1.11 bits per heavy atom. The summed E-state index contributed by atoms with van der Waals surface area (Å²) < 4.78 is 18.2. The number of hydrogen-bond acceptors (Lipinski definition) is 7. The zero-order valence-corrected chi connectivity index (χ0v) is 20.9. The first-order valence-corrected chi connectivity index (χ1v) is 11.8. The molecule has 9 heteroatoms. The molecule has 0 unspecified atom stereocenters. The Kier molecular flexibility index (Phi) is 6.39. The highest BCUT2D eigenvalue weighted by Crippen LogP contribution is 2.28. The topological polar surface area (TPSA) is 95.9 Å². The smallest absolute Gasteiger partial charge is 0.346 e. The molecule has 36 heavy (non-hydrogen) atoms. The van der Waals surface area contributed by atoms with Gasteiger partial charge in [0, 0.05) is 5.39 Å². The number of halogens is 1. The summed E-state index contributed by atoms with van der Waals surface area (Å²) in [6.07, 6.45) is 0.780. The van der Waals surface area contributed by atoms with Crippen molar-refractivity contribution in [2.24, 2.45) is 5.10 Å². The van der Waals surface area contributed by atoms with Gasteiger partial charge in [0.15, 0.2) is 11.9 Å². The summed E-state index contributed by atoms with van der Waals surface area (Å²) in [6, 6.07) is 21.7. The number of benzene rings is 3. The second-order valence-corrected chi connectivity index (χ2v) is 8.79. The van der Waals surface area contributed by atoms with Crippen LogP contribution in [0.15, 0.2) is 91.6 Å². The summed E-state index contributed by atoms with van der Waals surface area (Å²) in [6.45, 7) is 1.60. The maximum Gasteiger partial charge on any atom is 0.346 e. The van der Waals surface area contributed by atoms with E-state index in [9.17, 15) is 9.59 Å². The van der Waals surface area contributed by atoms with Gasteiger partial charge in [0.2, 0.25) is 5.82 Å². The number of fused-ring (bicyclic) bond motifs is 2. The number of aromatic nitrogens is 2. The third kappa shape index (κ3) is 4.52. The predicted octanol–water partition coefficient (Wildman–Crippen LogP) is 5.39. The number of rotatable bonds is 6. The monoisotopic (exact) mass is 545 g/mol. The summed E-state index contributed by atoms with van der Waals surface area (Å²) in [5.41, 5.74) is 1.60. The van der Waals surface area contributed by atoms with Crippen molar-refractivity contribution in [3.63, 3.8) is 0 Å². The molecule has 0 aliphatic heterocycles. The van der Waals surface area contributed by atoms with Gasteiger partial charge >= 0.3 is 5.97 Å². The van der Waals surface area contributed by atoms with E-state index in [1.165, 1.54) is 11.8 Å². The third-order valence-electron chi connectivity index (χ3n) is 5.51. The molecule has 0 fully saturated rings. The normalized spacial score (nSPS) is 12.3. The number of carbonyl (C=O) groups excluding carboxylic acids is 1. The number of carbonyl (C=O) groups is 1. The SMILES string of the molecule is COC(=O)[C@@H](C)Oc1ccc(C=Nn2c(-c3cc4ccccc4o3)nc3ccccc3c2=O)cc1Br. The van der Waals surface area contributed by atoms with Crippen molar-refractivity contribution >= 4 is 50.0 Å². The largest absolute Gasteiger partial charge is 0.478 e. The van der Waals surface area contributed by atoms with Gasteiger partial charge < -0.3 is 13.9 Å². The molecule has 0 amide bonds. The molecule has 180 valence electrons. The fourth-order valence-corrected chi connectivity index (χ4v) is 4.19. The van der Waals surface area contributed by atoms with E-state index in [1.54, 1.807) is 49.5 Å². The lowest BCUT2D eigenvalue weighted by molar-refractivity contribution is -0.147. The average Bonchev–Trinajstić information content (AvgIpc) is 3.33. The highest BCUT2D eigenvalue weighted by molar-refractivity contribution is 9.10. The molecular weight excluding hydrogens is 526 g/mol. The molecule has 0 saturated heterocycles. The number of furan rings is 1. The van der Waals surface area contributed by atoms with E-state index in [-0.39, 0.29) is 11.4 Å². The van der Waals surface area contributed by atoms with E-state index in [1.807, 2.05) is 36.4 Å². The number of para-hydroxylation sites is 2. The molecule has 8 nitrogen and oxygen atoms in total. The van der Waals surface area contributed by atoms with E-state index < -0.39 is 12.1 Å². The summed E-state index contributed by atoms with van der Waals surface area (Å²) in [4.78, 5) is 29.7. The summed E-state index contributed by atoms with van der Waals surface area (Å²) >= 11 is 3.46. The van der Waals surface area contributed by atoms with Crippen molar-refractivity contribution in [3.8, 4) is 17.3 Å². The van der Waals surface area contributed by atoms with Crippen LogP contribution in [0.3, 0.4) is 0 Å². The molecule has 1 atom stereocenters. The number of nitrogens with zero attached hydrogens (tertiary/aromatic N) is 3. The lowest BCUT2D eigenvalue weighted by Crippen LogP contribution is -2.25. The van der Waals surface area contributed by atoms with Crippen molar-refractivity contribution in [1.29, 1.82) is 0 Å². The van der Waals surface area contributed by atoms with Gasteiger partial charge in [-0.05, 0) is 70.9 Å². The minimum atomic E-state index is -0.764. The standard InChI is InChI=1S/C27H20BrN3O5/c1-16(27(33)34-2)35-23-12-11-17(13-20(23)28)15-29-31-25(24-14-18-7-3-6-10-22(18)36-24)30-21-9-5-4-8-19(21)26(31)32/h3-16H,1-2H3/t16-/m1/s1. The van der Waals surface area contributed by atoms with Crippen molar-refractivity contribution in [1.82, 2.24) is 9.66 Å². The Morgan fingerprint density at radius 2 is 1.89 bits per heavy atom. The van der Waals surface area contributed by atoms with Crippen LogP contribution in [0.2, 0.25) is 0 Å². The van der Waals surface area contributed by atoms with Gasteiger partial charge in [0.25, 0.3) is 5.56 Å². The first-order chi connectivity index (χ1) is 17.4. The fourth-order valence-electron chi connectivity index (χ4n) is 3.70. The van der Waals surface area contributed by atoms with Gasteiger partial charge in [-0.1, -0.05) is 30.3 Å². The Balaban J connectivity index is 1.56. The van der Waals surface area contributed by atoms with Gasteiger partial charge in [-0.3, -0.25) is 4.79 Å². The second kappa shape index (κ2) is 9.79. The van der Waals surface area contributed by atoms with Crippen LogP contribution in [0, 0.1) is 0 Å². The molecule has 0 bridgehead atoms. The van der Waals surface area contributed by atoms with Crippen molar-refractivity contribution in [3.05, 3.63) is 93.2 Å². The molecule has 5 rings (SSSR count). The minimum Gasteiger partial charge on any atom is -0.478 e. The fraction of sp³-hybridized carbons (Fsp3) is 0.111. The molecule has 0 N–H and O–H groups in total. The first kappa shape index (κ1) is 23.5. The van der Waals surface area contributed by atoms with Gasteiger partial charge in [0.1, 0.15) is 11.3 Å². The summed E-state index contributed by atoms with van der Waals surface area (Å²) in [7, 11) is 1.31. The van der Waals surface area contributed by atoms with Crippen molar-refractivity contribution in [2.45, 2.75) is 13.0 Å². The minimum absolute atomic E-state index is 0.289. The highest BCUT2D eigenvalue weighted by Gasteiger charge is 2.18. The second-order valence-electron chi connectivity index (χ2n) is 7.94. The number of ether oxygens (including phenoxy) is 2. The third-order valence-corrected chi connectivity index (χ3v) is 6.13. The van der Waals surface area contributed by atoms with Crippen LogP contribution in [0.5, 0.6) is 5.75 Å². The van der Waals surface area contributed by atoms with Gasteiger partial charge in [0.05, 0.1) is 28.7 Å². The molecule has 0 aliphatic rings. The van der Waals surface area contributed by atoms with Crippen LogP contribution in [-0.4, -0.2) is 35.1 Å². The lowest BCUT2D eigenvalue weighted by Gasteiger charge is -2.14. The molecule has 0 saturated carbocycles. The maximum atomic E-state index is 13.4. The molecule has 3 aromatic carbocycles. The zero-order valence-electron chi connectivity index (χ0n) is 19.3. The Hall–Kier alpha value is -4.24. The van der Waals surface area contributed by atoms with E-state index in [0.717, 1.165) is 5.39 Å². The van der Waals surface area contributed by atoms with Crippen molar-refractivity contribution < 1.29 is 18.7 Å². The van der Waals surface area contributed by atoms with Crippen molar-refractivity contribution in [2.75, 3.05) is 7.11 Å². The van der Waals surface area contributed by atoms with Crippen LogP contribution in [0.1, 0.15) is 12.5 Å². The quantitative estimate of drug-likeness (QED) is 0.209. The van der Waals surface area contributed by atoms with Crippen LogP contribution < -0.4 is 10.3 Å². The number of esters is 1. The van der Waals surface area contributed by atoms with Crippen LogP contribution in [0.4, 0.5) is 0 Å². The highest BCUT2D eigenvalue weighted by atomic mass is 79.9.